The van der Waals surface area contributed by atoms with Gasteiger partial charge in [0, 0.05) is 29.8 Å². The number of carbonyl (C=O) groups excluding carboxylic acids is 1. The quantitative estimate of drug-likeness (QED) is 0.396. The Labute approximate surface area is 209 Å². The summed E-state index contributed by atoms with van der Waals surface area (Å²) < 4.78 is 10.9. The van der Waals surface area contributed by atoms with Gasteiger partial charge in [-0.3, -0.25) is 9.59 Å². The van der Waals surface area contributed by atoms with Crippen molar-refractivity contribution >= 4 is 40.8 Å². The molecule has 3 rings (SSSR count). The Balaban J connectivity index is 1.64. The van der Waals surface area contributed by atoms with Crippen LogP contribution < -0.4 is 15.4 Å². The fourth-order valence-electron chi connectivity index (χ4n) is 4.27. The summed E-state index contributed by atoms with van der Waals surface area (Å²) >= 11 is 12.7. The SMILES string of the molecule is COC[C@H](Nc1ccc(C(=O)NC[C@H]2CC[C@H](C(=O)O)CC2)cc1Cl)c1cc(Cl)ccc1OC. The van der Waals surface area contributed by atoms with E-state index in [-0.39, 0.29) is 17.9 Å². The zero-order valence-electron chi connectivity index (χ0n) is 19.3. The number of carboxylic acid groups (broad SMARTS) is 1. The molecule has 1 saturated carbocycles. The number of hydrogen-bond donors (Lipinski definition) is 3. The summed E-state index contributed by atoms with van der Waals surface area (Å²) in [5, 5.41) is 16.4. The summed E-state index contributed by atoms with van der Waals surface area (Å²) in [4.78, 5) is 23.8. The summed E-state index contributed by atoms with van der Waals surface area (Å²) in [6, 6.07) is 10.2. The summed E-state index contributed by atoms with van der Waals surface area (Å²) in [6.07, 6.45) is 2.91. The average Bonchev–Trinajstić information content (AvgIpc) is 2.83. The van der Waals surface area contributed by atoms with Gasteiger partial charge in [-0.05, 0) is 68.0 Å². The minimum atomic E-state index is -0.729. The number of ether oxygens (including phenoxy) is 2. The van der Waals surface area contributed by atoms with Gasteiger partial charge in [0.15, 0.2) is 0 Å². The van der Waals surface area contributed by atoms with Crippen LogP contribution in [0.25, 0.3) is 0 Å². The molecule has 34 heavy (non-hydrogen) atoms. The lowest BCUT2D eigenvalue weighted by molar-refractivity contribution is -0.143. The van der Waals surface area contributed by atoms with Crippen LogP contribution in [0.2, 0.25) is 10.0 Å². The van der Waals surface area contributed by atoms with Crippen LogP contribution in [0.1, 0.15) is 47.6 Å². The topological polar surface area (TPSA) is 96.9 Å². The molecule has 2 aromatic rings. The summed E-state index contributed by atoms with van der Waals surface area (Å²) in [7, 11) is 3.20. The molecule has 184 valence electrons. The van der Waals surface area contributed by atoms with Gasteiger partial charge in [0.1, 0.15) is 5.75 Å². The Bertz CT molecular complexity index is 1010. The number of hydrogen-bond acceptors (Lipinski definition) is 5. The minimum absolute atomic E-state index is 0.209. The maximum atomic E-state index is 12.7. The Hall–Kier alpha value is -2.48. The molecule has 0 radical (unpaired) electrons. The molecule has 1 aliphatic rings. The molecule has 0 heterocycles. The second-order valence-electron chi connectivity index (χ2n) is 8.50. The summed E-state index contributed by atoms with van der Waals surface area (Å²) in [5.41, 5.74) is 1.93. The van der Waals surface area contributed by atoms with E-state index in [4.69, 9.17) is 37.8 Å². The molecular weight excluding hydrogens is 479 g/mol. The molecule has 0 aliphatic heterocycles. The van der Waals surface area contributed by atoms with Gasteiger partial charge in [0.05, 0.1) is 36.4 Å². The lowest BCUT2D eigenvalue weighted by Gasteiger charge is -2.26. The first-order chi connectivity index (χ1) is 16.3. The van der Waals surface area contributed by atoms with E-state index in [1.807, 2.05) is 6.07 Å². The normalized spacial score (nSPS) is 18.7. The second-order valence-corrected chi connectivity index (χ2v) is 9.34. The third-order valence-electron chi connectivity index (χ3n) is 6.21. The van der Waals surface area contributed by atoms with Crippen molar-refractivity contribution in [1.29, 1.82) is 0 Å². The third-order valence-corrected chi connectivity index (χ3v) is 6.76. The van der Waals surface area contributed by atoms with Gasteiger partial charge in [-0.25, -0.2) is 0 Å². The number of aliphatic carboxylic acids is 1. The number of anilines is 1. The van der Waals surface area contributed by atoms with Crippen molar-refractivity contribution in [3.8, 4) is 5.75 Å². The molecule has 0 spiro atoms. The van der Waals surface area contributed by atoms with E-state index in [0.717, 1.165) is 18.4 Å². The van der Waals surface area contributed by atoms with Crippen LogP contribution in [-0.2, 0) is 9.53 Å². The van der Waals surface area contributed by atoms with Gasteiger partial charge in [0.2, 0.25) is 0 Å². The molecule has 0 saturated heterocycles. The number of amides is 1. The molecule has 1 fully saturated rings. The van der Waals surface area contributed by atoms with Crippen LogP contribution in [0, 0.1) is 11.8 Å². The molecule has 0 bridgehead atoms. The molecule has 2 aromatic carbocycles. The average molecular weight is 509 g/mol. The highest BCUT2D eigenvalue weighted by molar-refractivity contribution is 6.33. The van der Waals surface area contributed by atoms with E-state index in [9.17, 15) is 9.59 Å². The molecule has 1 atom stereocenters. The van der Waals surface area contributed by atoms with Crippen molar-refractivity contribution in [2.24, 2.45) is 11.8 Å². The van der Waals surface area contributed by atoms with Crippen LogP contribution in [0.5, 0.6) is 5.75 Å². The van der Waals surface area contributed by atoms with E-state index >= 15 is 0 Å². The number of nitrogens with one attached hydrogen (secondary N) is 2. The zero-order chi connectivity index (χ0) is 24.7. The largest absolute Gasteiger partial charge is 0.496 e. The van der Waals surface area contributed by atoms with E-state index in [0.29, 0.717) is 59.0 Å². The predicted molar refractivity (Wildman–Crippen MR) is 133 cm³/mol. The smallest absolute Gasteiger partial charge is 0.306 e. The molecule has 1 aliphatic carbocycles. The first kappa shape index (κ1) is 26.1. The van der Waals surface area contributed by atoms with Gasteiger partial charge in [-0.15, -0.1) is 0 Å². The number of benzene rings is 2. The van der Waals surface area contributed by atoms with Crippen molar-refractivity contribution < 1.29 is 24.2 Å². The predicted octanol–water partition coefficient (Wildman–Crippen LogP) is 5.42. The highest BCUT2D eigenvalue weighted by Crippen LogP contribution is 2.33. The monoisotopic (exact) mass is 508 g/mol. The Morgan fingerprint density at radius 1 is 1.09 bits per heavy atom. The Morgan fingerprint density at radius 2 is 1.82 bits per heavy atom. The van der Waals surface area contributed by atoms with Gasteiger partial charge < -0.3 is 25.2 Å². The maximum Gasteiger partial charge on any atom is 0.306 e. The van der Waals surface area contributed by atoms with E-state index in [1.54, 1.807) is 44.6 Å². The Kier molecular flexibility index (Phi) is 9.45. The second kappa shape index (κ2) is 12.3. The number of carbonyl (C=O) groups is 2. The van der Waals surface area contributed by atoms with Crippen molar-refractivity contribution in [2.45, 2.75) is 31.7 Å². The molecule has 0 aromatic heterocycles. The van der Waals surface area contributed by atoms with Gasteiger partial charge >= 0.3 is 5.97 Å². The van der Waals surface area contributed by atoms with Gasteiger partial charge in [-0.1, -0.05) is 23.2 Å². The summed E-state index contributed by atoms with van der Waals surface area (Å²) in [6.45, 7) is 0.868. The van der Waals surface area contributed by atoms with Crippen molar-refractivity contribution in [1.82, 2.24) is 5.32 Å². The lowest BCUT2D eigenvalue weighted by atomic mass is 9.82. The molecular formula is C25H30Cl2N2O5. The van der Waals surface area contributed by atoms with Gasteiger partial charge in [0.25, 0.3) is 5.91 Å². The fraction of sp³-hybridized carbons (Fsp3) is 0.440. The minimum Gasteiger partial charge on any atom is -0.496 e. The molecule has 3 N–H and O–H groups in total. The highest BCUT2D eigenvalue weighted by Gasteiger charge is 2.26. The van der Waals surface area contributed by atoms with E-state index in [1.165, 1.54) is 0 Å². The summed E-state index contributed by atoms with van der Waals surface area (Å²) in [5.74, 6) is -0.243. The van der Waals surface area contributed by atoms with E-state index in [2.05, 4.69) is 10.6 Å². The number of methoxy groups -OCH3 is 2. The molecule has 1 amide bonds. The number of carboxylic acids is 1. The molecule has 7 nitrogen and oxygen atoms in total. The van der Waals surface area contributed by atoms with Crippen molar-refractivity contribution in [3.63, 3.8) is 0 Å². The first-order valence-corrected chi connectivity index (χ1v) is 12.0. The van der Waals surface area contributed by atoms with Crippen LogP contribution in [0.15, 0.2) is 36.4 Å². The number of rotatable bonds is 10. The van der Waals surface area contributed by atoms with Crippen LogP contribution in [0.3, 0.4) is 0 Å². The van der Waals surface area contributed by atoms with Crippen molar-refractivity contribution in [2.75, 3.05) is 32.7 Å². The van der Waals surface area contributed by atoms with Gasteiger partial charge in [-0.2, -0.15) is 0 Å². The lowest BCUT2D eigenvalue weighted by Crippen LogP contribution is -2.32. The standard InChI is InChI=1S/C25H30Cl2N2O5/c1-33-14-22(19-12-18(26)8-10-23(19)34-2)29-21-9-7-17(11-20(21)27)24(30)28-13-15-3-5-16(6-4-15)25(31)32/h7-12,15-16,22,29H,3-6,13-14H2,1-2H3,(H,28,30)(H,31,32)/t15-,16-,22-/m0/s1. The van der Waals surface area contributed by atoms with Crippen LogP contribution in [0.4, 0.5) is 5.69 Å². The highest BCUT2D eigenvalue weighted by atomic mass is 35.5. The van der Waals surface area contributed by atoms with Crippen molar-refractivity contribution in [3.05, 3.63) is 57.6 Å². The zero-order valence-corrected chi connectivity index (χ0v) is 20.8. The Morgan fingerprint density at radius 3 is 2.44 bits per heavy atom. The molecule has 9 heteroatoms. The fourth-order valence-corrected chi connectivity index (χ4v) is 4.68. The van der Waals surface area contributed by atoms with Crippen LogP contribution in [-0.4, -0.2) is 44.4 Å². The van der Waals surface area contributed by atoms with E-state index < -0.39 is 5.97 Å². The maximum absolute atomic E-state index is 12.7. The third kappa shape index (κ3) is 6.78. The van der Waals surface area contributed by atoms with Crippen LogP contribution >= 0.6 is 23.2 Å². The number of halogens is 2. The first-order valence-electron chi connectivity index (χ1n) is 11.2. The molecule has 0 unspecified atom stereocenters.